The number of carbonyl (C=O) groups excluding carboxylic acids is 1. The van der Waals surface area contributed by atoms with Crippen LogP contribution in [0.1, 0.15) is 6.92 Å². The van der Waals surface area contributed by atoms with Crippen LogP contribution in [0.25, 0.3) is 0 Å². The minimum absolute atomic E-state index is 0.104. The van der Waals surface area contributed by atoms with Gasteiger partial charge in [0.1, 0.15) is 11.5 Å². The first-order chi connectivity index (χ1) is 10.6. The van der Waals surface area contributed by atoms with Crippen LogP contribution in [0.3, 0.4) is 0 Å². The van der Waals surface area contributed by atoms with Gasteiger partial charge in [-0.05, 0) is 55.5 Å². The average molecular weight is 365 g/mol. The summed E-state index contributed by atoms with van der Waals surface area (Å²) in [7, 11) is 0. The van der Waals surface area contributed by atoms with E-state index in [1.54, 1.807) is 31.2 Å². The zero-order valence-electron chi connectivity index (χ0n) is 12.0. The minimum atomic E-state index is -0.358. The molecule has 6 heteroatoms. The van der Waals surface area contributed by atoms with Crippen molar-refractivity contribution in [1.82, 2.24) is 5.32 Å². The van der Waals surface area contributed by atoms with Crippen molar-refractivity contribution in [3.63, 3.8) is 0 Å². The van der Waals surface area contributed by atoms with Gasteiger partial charge in [0.05, 0.1) is 12.6 Å². The number of halogens is 1. The van der Waals surface area contributed by atoms with Gasteiger partial charge in [-0.2, -0.15) is 0 Å². The van der Waals surface area contributed by atoms with Crippen molar-refractivity contribution < 1.29 is 14.6 Å². The SMILES string of the molecule is CC(CO)NC(=O)Nc1ccc(Oc2ccc(Br)cc2)cc1. The lowest BCUT2D eigenvalue weighted by atomic mass is 10.3. The first kappa shape index (κ1) is 16.3. The number of aliphatic hydroxyl groups is 1. The molecule has 0 radical (unpaired) electrons. The fourth-order valence-corrected chi connectivity index (χ4v) is 1.95. The molecular formula is C16H17BrN2O3. The molecule has 2 amide bonds. The zero-order chi connectivity index (χ0) is 15.9. The number of carbonyl (C=O) groups is 1. The van der Waals surface area contributed by atoms with Crippen LogP contribution in [0, 0.1) is 0 Å². The second kappa shape index (κ2) is 7.82. The minimum Gasteiger partial charge on any atom is -0.457 e. The molecule has 1 atom stereocenters. The van der Waals surface area contributed by atoms with E-state index in [2.05, 4.69) is 26.6 Å². The molecule has 0 spiro atoms. The van der Waals surface area contributed by atoms with Gasteiger partial charge < -0.3 is 20.5 Å². The molecule has 116 valence electrons. The first-order valence-electron chi connectivity index (χ1n) is 6.78. The molecule has 2 aromatic rings. The van der Waals surface area contributed by atoms with E-state index in [-0.39, 0.29) is 18.7 Å². The third-order valence-corrected chi connectivity index (χ3v) is 3.34. The van der Waals surface area contributed by atoms with Crippen LogP contribution < -0.4 is 15.4 Å². The Balaban J connectivity index is 1.92. The molecule has 0 aliphatic carbocycles. The van der Waals surface area contributed by atoms with Crippen LogP contribution in [0.2, 0.25) is 0 Å². The number of benzene rings is 2. The van der Waals surface area contributed by atoms with Crippen molar-refractivity contribution in [1.29, 1.82) is 0 Å². The van der Waals surface area contributed by atoms with E-state index in [0.29, 0.717) is 11.4 Å². The summed E-state index contributed by atoms with van der Waals surface area (Å²) < 4.78 is 6.68. The predicted molar refractivity (Wildman–Crippen MR) is 89.4 cm³/mol. The monoisotopic (exact) mass is 364 g/mol. The standard InChI is InChI=1S/C16H17BrN2O3/c1-11(10-20)18-16(21)19-13-4-8-15(9-5-13)22-14-6-2-12(17)3-7-14/h2-9,11,20H,10H2,1H3,(H2,18,19,21). The van der Waals surface area contributed by atoms with Gasteiger partial charge >= 0.3 is 6.03 Å². The van der Waals surface area contributed by atoms with Crippen LogP contribution in [-0.4, -0.2) is 23.8 Å². The van der Waals surface area contributed by atoms with Gasteiger partial charge in [-0.1, -0.05) is 15.9 Å². The molecule has 22 heavy (non-hydrogen) atoms. The smallest absolute Gasteiger partial charge is 0.319 e. The number of urea groups is 1. The highest BCUT2D eigenvalue weighted by molar-refractivity contribution is 9.10. The van der Waals surface area contributed by atoms with Crippen molar-refractivity contribution in [2.45, 2.75) is 13.0 Å². The molecule has 1 unspecified atom stereocenters. The summed E-state index contributed by atoms with van der Waals surface area (Å²) in [6.07, 6.45) is 0. The highest BCUT2D eigenvalue weighted by Gasteiger charge is 2.06. The molecule has 0 bridgehead atoms. The van der Waals surface area contributed by atoms with Gasteiger partial charge in [-0.25, -0.2) is 4.79 Å². The van der Waals surface area contributed by atoms with Gasteiger partial charge in [0.2, 0.25) is 0 Å². The summed E-state index contributed by atoms with van der Waals surface area (Å²) in [5, 5.41) is 14.2. The Morgan fingerprint density at radius 1 is 1.14 bits per heavy atom. The lowest BCUT2D eigenvalue weighted by molar-refractivity contribution is 0.229. The summed E-state index contributed by atoms with van der Waals surface area (Å²) in [6, 6.07) is 13.9. The number of ether oxygens (including phenoxy) is 1. The third kappa shape index (κ3) is 5.05. The maximum Gasteiger partial charge on any atom is 0.319 e. The molecule has 0 fully saturated rings. The Labute approximate surface area is 137 Å². The Kier molecular flexibility index (Phi) is 5.80. The van der Waals surface area contributed by atoms with E-state index in [1.165, 1.54) is 0 Å². The maximum absolute atomic E-state index is 11.6. The van der Waals surface area contributed by atoms with Crippen LogP contribution in [-0.2, 0) is 0 Å². The third-order valence-electron chi connectivity index (χ3n) is 2.81. The molecule has 0 aliphatic heterocycles. The largest absolute Gasteiger partial charge is 0.457 e. The van der Waals surface area contributed by atoms with Gasteiger partial charge in [-0.15, -0.1) is 0 Å². The molecule has 0 saturated carbocycles. The number of hydrogen-bond donors (Lipinski definition) is 3. The normalized spacial score (nSPS) is 11.6. The quantitative estimate of drug-likeness (QED) is 0.756. The molecule has 0 heterocycles. The fourth-order valence-electron chi connectivity index (χ4n) is 1.68. The van der Waals surface area contributed by atoms with E-state index in [1.807, 2.05) is 24.3 Å². The second-order valence-corrected chi connectivity index (χ2v) is 5.68. The fraction of sp³-hybridized carbons (Fsp3) is 0.188. The van der Waals surface area contributed by atoms with E-state index in [4.69, 9.17) is 9.84 Å². The summed E-state index contributed by atoms with van der Waals surface area (Å²) in [5.41, 5.74) is 0.644. The molecule has 5 nitrogen and oxygen atoms in total. The van der Waals surface area contributed by atoms with Crippen molar-refractivity contribution in [3.8, 4) is 11.5 Å². The highest BCUT2D eigenvalue weighted by Crippen LogP contribution is 2.24. The van der Waals surface area contributed by atoms with Crippen molar-refractivity contribution in [2.24, 2.45) is 0 Å². The molecule has 0 saturated heterocycles. The Morgan fingerprint density at radius 3 is 2.23 bits per heavy atom. The van der Waals surface area contributed by atoms with Crippen molar-refractivity contribution >= 4 is 27.6 Å². The molecule has 2 rings (SSSR count). The summed E-state index contributed by atoms with van der Waals surface area (Å²) in [6.45, 7) is 1.61. The van der Waals surface area contributed by atoms with Crippen LogP contribution in [0.15, 0.2) is 53.0 Å². The summed E-state index contributed by atoms with van der Waals surface area (Å²) in [5.74, 6) is 1.41. The van der Waals surface area contributed by atoms with Gasteiger partial charge in [0.15, 0.2) is 0 Å². The number of aliphatic hydroxyl groups excluding tert-OH is 1. The summed E-state index contributed by atoms with van der Waals surface area (Å²) >= 11 is 3.37. The zero-order valence-corrected chi connectivity index (χ0v) is 13.6. The van der Waals surface area contributed by atoms with Crippen LogP contribution >= 0.6 is 15.9 Å². The van der Waals surface area contributed by atoms with Crippen LogP contribution in [0.5, 0.6) is 11.5 Å². The lowest BCUT2D eigenvalue weighted by Gasteiger charge is -2.12. The molecule has 0 aromatic heterocycles. The number of hydrogen-bond acceptors (Lipinski definition) is 3. The molecule has 0 aliphatic rings. The Morgan fingerprint density at radius 2 is 1.68 bits per heavy atom. The van der Waals surface area contributed by atoms with Gasteiger partial charge in [0, 0.05) is 10.2 Å². The Bertz CT molecular complexity index is 614. The predicted octanol–water partition coefficient (Wildman–Crippen LogP) is 3.74. The average Bonchev–Trinajstić information content (AvgIpc) is 2.51. The van der Waals surface area contributed by atoms with E-state index in [9.17, 15) is 4.79 Å². The molecular weight excluding hydrogens is 348 g/mol. The number of anilines is 1. The molecule has 3 N–H and O–H groups in total. The van der Waals surface area contributed by atoms with Gasteiger partial charge in [0.25, 0.3) is 0 Å². The highest BCUT2D eigenvalue weighted by atomic mass is 79.9. The van der Waals surface area contributed by atoms with Gasteiger partial charge in [-0.3, -0.25) is 0 Å². The number of rotatable bonds is 5. The van der Waals surface area contributed by atoms with Crippen LogP contribution in [0.4, 0.5) is 10.5 Å². The number of nitrogens with one attached hydrogen (secondary N) is 2. The lowest BCUT2D eigenvalue weighted by Crippen LogP contribution is -2.38. The Hall–Kier alpha value is -2.05. The van der Waals surface area contributed by atoms with E-state index >= 15 is 0 Å². The number of amides is 2. The van der Waals surface area contributed by atoms with E-state index in [0.717, 1.165) is 10.2 Å². The second-order valence-electron chi connectivity index (χ2n) is 4.76. The summed E-state index contributed by atoms with van der Waals surface area (Å²) in [4.78, 5) is 11.6. The molecule has 2 aromatic carbocycles. The van der Waals surface area contributed by atoms with E-state index < -0.39 is 0 Å². The van der Waals surface area contributed by atoms with Crippen molar-refractivity contribution in [3.05, 3.63) is 53.0 Å². The first-order valence-corrected chi connectivity index (χ1v) is 7.58. The topological polar surface area (TPSA) is 70.6 Å². The van der Waals surface area contributed by atoms with Crippen molar-refractivity contribution in [2.75, 3.05) is 11.9 Å². The maximum atomic E-state index is 11.6.